The zero-order valence-electron chi connectivity index (χ0n) is 11.0. The molecule has 1 saturated heterocycles. The summed E-state index contributed by atoms with van der Waals surface area (Å²) in [6, 6.07) is 4.19. The largest absolute Gasteiger partial charge is 0.325 e. The second-order valence-corrected chi connectivity index (χ2v) is 5.54. The summed E-state index contributed by atoms with van der Waals surface area (Å²) in [5.41, 5.74) is 0.529. The van der Waals surface area contributed by atoms with Crippen molar-refractivity contribution in [3.63, 3.8) is 0 Å². The summed E-state index contributed by atoms with van der Waals surface area (Å²) in [7, 11) is 0. The number of amides is 1. The van der Waals surface area contributed by atoms with Gasteiger partial charge < -0.3 is 5.32 Å². The van der Waals surface area contributed by atoms with Crippen LogP contribution in [0, 0.1) is 11.7 Å². The highest BCUT2D eigenvalue weighted by atomic mass is 35.5. The predicted octanol–water partition coefficient (Wildman–Crippen LogP) is 3.15. The quantitative estimate of drug-likeness (QED) is 0.925. The fourth-order valence-corrected chi connectivity index (χ4v) is 2.38. The van der Waals surface area contributed by atoms with E-state index in [0.29, 0.717) is 12.2 Å². The van der Waals surface area contributed by atoms with E-state index in [4.69, 9.17) is 11.6 Å². The van der Waals surface area contributed by atoms with Crippen molar-refractivity contribution >= 4 is 23.2 Å². The smallest absolute Gasteiger partial charge is 0.238 e. The van der Waals surface area contributed by atoms with Crippen LogP contribution in [0.1, 0.15) is 19.8 Å². The molecule has 5 heteroatoms. The average molecular weight is 285 g/mol. The van der Waals surface area contributed by atoms with Crippen LogP contribution < -0.4 is 5.32 Å². The molecule has 104 valence electrons. The van der Waals surface area contributed by atoms with Crippen LogP contribution in [-0.2, 0) is 4.79 Å². The Labute approximate surface area is 117 Å². The molecule has 0 radical (unpaired) electrons. The first-order chi connectivity index (χ1) is 9.04. The minimum absolute atomic E-state index is 0.0181. The van der Waals surface area contributed by atoms with E-state index < -0.39 is 5.82 Å². The standard InChI is InChI=1S/C14H18ClFN2O/c1-10-4-6-18(7-5-10)9-14(19)17-11-2-3-13(16)12(15)8-11/h2-3,8,10H,4-7,9H2,1H3,(H,17,19). The van der Waals surface area contributed by atoms with Gasteiger partial charge in [-0.25, -0.2) is 4.39 Å². The third-order valence-electron chi connectivity index (χ3n) is 3.45. The molecule has 0 atom stereocenters. The fourth-order valence-electron chi connectivity index (χ4n) is 2.20. The van der Waals surface area contributed by atoms with Crippen molar-refractivity contribution in [2.75, 3.05) is 25.0 Å². The van der Waals surface area contributed by atoms with Gasteiger partial charge in [0.15, 0.2) is 0 Å². The molecular weight excluding hydrogens is 267 g/mol. The molecule has 0 spiro atoms. The van der Waals surface area contributed by atoms with Gasteiger partial charge in [0.2, 0.25) is 5.91 Å². The van der Waals surface area contributed by atoms with Gasteiger partial charge in [-0.2, -0.15) is 0 Å². The van der Waals surface area contributed by atoms with Crippen LogP contribution in [-0.4, -0.2) is 30.4 Å². The minimum atomic E-state index is -0.482. The number of hydrogen-bond acceptors (Lipinski definition) is 2. The van der Waals surface area contributed by atoms with Crippen LogP contribution >= 0.6 is 11.6 Å². The van der Waals surface area contributed by atoms with Gasteiger partial charge >= 0.3 is 0 Å². The van der Waals surface area contributed by atoms with Crippen LogP contribution in [0.4, 0.5) is 10.1 Å². The maximum Gasteiger partial charge on any atom is 0.238 e. The Morgan fingerprint density at radius 1 is 1.47 bits per heavy atom. The van der Waals surface area contributed by atoms with Crippen LogP contribution in [0.5, 0.6) is 0 Å². The van der Waals surface area contributed by atoms with E-state index in [2.05, 4.69) is 17.1 Å². The van der Waals surface area contributed by atoms with Gasteiger partial charge in [-0.1, -0.05) is 18.5 Å². The highest BCUT2D eigenvalue weighted by Crippen LogP contribution is 2.20. The number of hydrogen-bond donors (Lipinski definition) is 1. The molecule has 0 aromatic heterocycles. The highest BCUT2D eigenvalue weighted by molar-refractivity contribution is 6.31. The second kappa shape index (κ2) is 6.35. The third kappa shape index (κ3) is 4.18. The molecule has 1 aliphatic rings. The van der Waals surface area contributed by atoms with E-state index in [0.717, 1.165) is 31.8 Å². The molecule has 1 aromatic carbocycles. The van der Waals surface area contributed by atoms with Crippen LogP contribution in [0.3, 0.4) is 0 Å². The number of halogens is 2. The Morgan fingerprint density at radius 3 is 2.79 bits per heavy atom. The van der Waals surface area contributed by atoms with Gasteiger partial charge in [0, 0.05) is 5.69 Å². The number of rotatable bonds is 3. The summed E-state index contributed by atoms with van der Waals surface area (Å²) in [5.74, 6) is 0.178. The molecule has 1 heterocycles. The van der Waals surface area contributed by atoms with Crippen molar-refractivity contribution < 1.29 is 9.18 Å². The minimum Gasteiger partial charge on any atom is -0.325 e. The van der Waals surface area contributed by atoms with E-state index in [9.17, 15) is 9.18 Å². The Kier molecular flexibility index (Phi) is 4.77. The molecule has 0 saturated carbocycles. The zero-order chi connectivity index (χ0) is 13.8. The summed E-state index contributed by atoms with van der Waals surface area (Å²) in [4.78, 5) is 14.0. The third-order valence-corrected chi connectivity index (χ3v) is 3.74. The van der Waals surface area contributed by atoms with Crippen molar-refractivity contribution in [2.24, 2.45) is 5.92 Å². The summed E-state index contributed by atoms with van der Waals surface area (Å²) < 4.78 is 13.0. The van der Waals surface area contributed by atoms with Crippen molar-refractivity contribution in [1.82, 2.24) is 4.90 Å². The Bertz CT molecular complexity index is 459. The monoisotopic (exact) mass is 284 g/mol. The topological polar surface area (TPSA) is 32.3 Å². The van der Waals surface area contributed by atoms with Crippen molar-refractivity contribution in [2.45, 2.75) is 19.8 Å². The highest BCUT2D eigenvalue weighted by Gasteiger charge is 2.18. The number of nitrogens with zero attached hydrogens (tertiary/aromatic N) is 1. The number of carbonyl (C=O) groups excluding carboxylic acids is 1. The zero-order valence-corrected chi connectivity index (χ0v) is 11.7. The number of carbonyl (C=O) groups is 1. The molecule has 1 amide bonds. The number of anilines is 1. The number of likely N-dealkylation sites (tertiary alicyclic amines) is 1. The lowest BCUT2D eigenvalue weighted by Gasteiger charge is -2.29. The first-order valence-corrected chi connectivity index (χ1v) is 6.89. The summed E-state index contributed by atoms with van der Waals surface area (Å²) in [6.45, 7) is 4.52. The van der Waals surface area contributed by atoms with E-state index in [1.165, 1.54) is 18.2 Å². The molecular formula is C14H18ClFN2O. The lowest BCUT2D eigenvalue weighted by molar-refractivity contribution is -0.117. The molecule has 1 N–H and O–H groups in total. The van der Waals surface area contributed by atoms with Gasteiger partial charge in [-0.3, -0.25) is 9.69 Å². The number of benzene rings is 1. The first kappa shape index (κ1) is 14.3. The molecule has 1 fully saturated rings. The van der Waals surface area contributed by atoms with Crippen LogP contribution in [0.2, 0.25) is 5.02 Å². The van der Waals surface area contributed by atoms with E-state index >= 15 is 0 Å². The summed E-state index contributed by atoms with van der Waals surface area (Å²) in [6.07, 6.45) is 2.27. The molecule has 0 aliphatic carbocycles. The number of nitrogens with one attached hydrogen (secondary N) is 1. The van der Waals surface area contributed by atoms with Crippen molar-refractivity contribution in [1.29, 1.82) is 0 Å². The maximum atomic E-state index is 13.0. The molecule has 19 heavy (non-hydrogen) atoms. The molecule has 1 aliphatic heterocycles. The first-order valence-electron chi connectivity index (χ1n) is 6.52. The Balaban J connectivity index is 1.85. The van der Waals surface area contributed by atoms with E-state index in [1.54, 1.807) is 0 Å². The van der Waals surface area contributed by atoms with Gasteiger partial charge in [0.1, 0.15) is 5.82 Å². The SMILES string of the molecule is CC1CCN(CC(=O)Nc2ccc(F)c(Cl)c2)CC1. The molecule has 0 unspecified atom stereocenters. The second-order valence-electron chi connectivity index (χ2n) is 5.14. The van der Waals surface area contributed by atoms with Crippen molar-refractivity contribution in [3.8, 4) is 0 Å². The van der Waals surface area contributed by atoms with Crippen LogP contribution in [0.25, 0.3) is 0 Å². The van der Waals surface area contributed by atoms with Gasteiger partial charge in [0.25, 0.3) is 0 Å². The normalized spacial score (nSPS) is 17.4. The van der Waals surface area contributed by atoms with E-state index in [1.807, 2.05) is 0 Å². The lowest BCUT2D eigenvalue weighted by Crippen LogP contribution is -2.38. The Morgan fingerprint density at radius 2 is 2.16 bits per heavy atom. The van der Waals surface area contributed by atoms with E-state index in [-0.39, 0.29) is 10.9 Å². The molecule has 2 rings (SSSR count). The van der Waals surface area contributed by atoms with Crippen molar-refractivity contribution in [3.05, 3.63) is 29.0 Å². The van der Waals surface area contributed by atoms with Gasteiger partial charge in [0.05, 0.1) is 11.6 Å². The van der Waals surface area contributed by atoms with Gasteiger partial charge in [-0.05, 0) is 50.0 Å². The predicted molar refractivity (Wildman–Crippen MR) is 74.9 cm³/mol. The lowest BCUT2D eigenvalue weighted by atomic mass is 9.99. The van der Waals surface area contributed by atoms with Gasteiger partial charge in [-0.15, -0.1) is 0 Å². The summed E-state index contributed by atoms with van der Waals surface area (Å²) >= 11 is 5.67. The van der Waals surface area contributed by atoms with Crippen LogP contribution in [0.15, 0.2) is 18.2 Å². The molecule has 0 bridgehead atoms. The fraction of sp³-hybridized carbons (Fsp3) is 0.500. The Hall–Kier alpha value is -1.13. The number of piperidine rings is 1. The maximum absolute atomic E-state index is 13.0. The average Bonchev–Trinajstić information content (AvgIpc) is 2.37. The summed E-state index contributed by atoms with van der Waals surface area (Å²) in [5, 5.41) is 2.75. The molecule has 1 aromatic rings. The molecule has 3 nitrogen and oxygen atoms in total.